The first kappa shape index (κ1) is 9.06. The van der Waals surface area contributed by atoms with E-state index in [2.05, 4.69) is 4.98 Å². The highest BCUT2D eigenvalue weighted by atomic mass is 19.4. The summed E-state index contributed by atoms with van der Waals surface area (Å²) in [5, 5.41) is 8.51. The fourth-order valence-electron chi connectivity index (χ4n) is 0.686. The van der Waals surface area contributed by atoms with Gasteiger partial charge in [-0.05, 0) is 11.5 Å². The molecule has 1 rings (SSSR count). The van der Waals surface area contributed by atoms with Crippen molar-refractivity contribution in [1.29, 1.82) is 0 Å². The van der Waals surface area contributed by atoms with Gasteiger partial charge in [-0.3, -0.25) is 4.98 Å². The van der Waals surface area contributed by atoms with Crippen LogP contribution in [0.5, 0.6) is 0 Å². The van der Waals surface area contributed by atoms with Crippen molar-refractivity contribution < 1.29 is 18.2 Å². The molecule has 0 aliphatic heterocycles. The summed E-state index contributed by atoms with van der Waals surface area (Å²) in [4.78, 5) is 3.14. The van der Waals surface area contributed by atoms with Crippen LogP contribution in [0.25, 0.3) is 0 Å². The average Bonchev–Trinajstić information content (AvgIpc) is 2.03. The first-order chi connectivity index (χ1) is 5.54. The Bertz CT molecular complexity index is 258. The van der Waals surface area contributed by atoms with Crippen LogP contribution in [0, 0.1) is 0 Å². The van der Waals surface area contributed by atoms with Gasteiger partial charge in [0.05, 0.1) is 0 Å². The Hall–Kier alpha value is -1.04. The first-order valence-corrected chi connectivity index (χ1v) is 3.17. The molecule has 1 aromatic rings. The smallest absolute Gasteiger partial charge is 0.433 e. The molecule has 64 valence electrons. The van der Waals surface area contributed by atoms with Gasteiger partial charge in [0.1, 0.15) is 5.69 Å². The van der Waals surface area contributed by atoms with Gasteiger partial charge in [0.15, 0.2) is 0 Å². The Morgan fingerprint density at radius 2 is 2.00 bits per heavy atom. The lowest BCUT2D eigenvalue weighted by molar-refractivity contribution is -0.141. The van der Waals surface area contributed by atoms with E-state index in [-0.39, 0.29) is 7.48 Å². The molecule has 0 atom stereocenters. The highest BCUT2D eigenvalue weighted by molar-refractivity contribution is 6.45. The van der Waals surface area contributed by atoms with Crippen molar-refractivity contribution >= 4 is 12.9 Å². The van der Waals surface area contributed by atoms with Crippen LogP contribution in [0.15, 0.2) is 18.3 Å². The summed E-state index contributed by atoms with van der Waals surface area (Å²) in [6, 6.07) is 2.03. The molecule has 0 aromatic carbocycles. The maximum Gasteiger partial charge on any atom is 0.433 e. The normalized spacial score (nSPS) is 11.3. The van der Waals surface area contributed by atoms with E-state index in [1.807, 2.05) is 0 Å². The van der Waals surface area contributed by atoms with Gasteiger partial charge in [-0.15, -0.1) is 0 Å². The van der Waals surface area contributed by atoms with Crippen LogP contribution in [0.3, 0.4) is 0 Å². The predicted molar refractivity (Wildman–Crippen MR) is 38.2 cm³/mol. The van der Waals surface area contributed by atoms with Gasteiger partial charge in [-0.25, -0.2) is 0 Å². The van der Waals surface area contributed by atoms with E-state index >= 15 is 0 Å². The van der Waals surface area contributed by atoms with Crippen LogP contribution in [-0.2, 0) is 6.18 Å². The van der Waals surface area contributed by atoms with E-state index in [0.29, 0.717) is 5.46 Å². The van der Waals surface area contributed by atoms with Crippen molar-refractivity contribution in [2.45, 2.75) is 6.18 Å². The minimum absolute atomic E-state index is 0.300. The van der Waals surface area contributed by atoms with Gasteiger partial charge in [0.2, 0.25) is 0 Å². The van der Waals surface area contributed by atoms with Crippen molar-refractivity contribution in [3.63, 3.8) is 0 Å². The van der Waals surface area contributed by atoms with E-state index in [9.17, 15) is 13.2 Å². The van der Waals surface area contributed by atoms with Crippen molar-refractivity contribution in [1.82, 2.24) is 4.98 Å². The molecule has 0 fully saturated rings. The number of rotatable bonds is 1. The lowest BCUT2D eigenvalue weighted by Gasteiger charge is -2.04. The van der Waals surface area contributed by atoms with E-state index in [1.54, 1.807) is 0 Å². The Balaban J connectivity index is 2.93. The fourth-order valence-corrected chi connectivity index (χ4v) is 0.686. The topological polar surface area (TPSA) is 33.1 Å². The molecule has 0 unspecified atom stereocenters. The molecule has 1 heterocycles. The van der Waals surface area contributed by atoms with Crippen molar-refractivity contribution in [3.05, 3.63) is 24.0 Å². The molecule has 0 aliphatic carbocycles. The van der Waals surface area contributed by atoms with E-state index in [1.165, 1.54) is 6.07 Å². The summed E-state index contributed by atoms with van der Waals surface area (Å²) in [5.41, 5.74) is -0.581. The van der Waals surface area contributed by atoms with Crippen LogP contribution in [-0.4, -0.2) is 17.5 Å². The van der Waals surface area contributed by atoms with Crippen molar-refractivity contribution in [3.8, 4) is 0 Å². The van der Waals surface area contributed by atoms with Crippen LogP contribution >= 0.6 is 0 Å². The standard InChI is InChI=1S/C6H5BF3NO/c8-6(9,10)5-2-1-4(7-12)3-11-5/h1-3,7,12H. The average molecular weight is 175 g/mol. The molecule has 0 spiro atoms. The minimum atomic E-state index is -4.41. The Labute approximate surface area is 67.3 Å². The van der Waals surface area contributed by atoms with Gasteiger partial charge in [-0.1, -0.05) is 6.07 Å². The summed E-state index contributed by atoms with van der Waals surface area (Å²) in [6.07, 6.45) is -3.41. The molecule has 0 saturated heterocycles. The SMILES string of the molecule is OBc1ccc(C(F)(F)F)nc1. The molecule has 0 amide bonds. The van der Waals surface area contributed by atoms with Gasteiger partial charge in [0.25, 0.3) is 0 Å². The third-order valence-electron chi connectivity index (χ3n) is 1.30. The van der Waals surface area contributed by atoms with Gasteiger partial charge >= 0.3 is 13.7 Å². The zero-order chi connectivity index (χ0) is 9.19. The maximum atomic E-state index is 11.9. The molecule has 0 saturated carbocycles. The molecule has 1 N–H and O–H groups in total. The summed E-state index contributed by atoms with van der Waals surface area (Å²) in [7, 11) is -0.300. The quantitative estimate of drug-likeness (QED) is 0.612. The van der Waals surface area contributed by atoms with Crippen molar-refractivity contribution in [2.75, 3.05) is 0 Å². The van der Waals surface area contributed by atoms with Crippen LogP contribution in [0.1, 0.15) is 5.69 Å². The molecular formula is C6H5BF3NO. The van der Waals surface area contributed by atoms with E-state index < -0.39 is 11.9 Å². The van der Waals surface area contributed by atoms with E-state index in [0.717, 1.165) is 12.3 Å². The van der Waals surface area contributed by atoms with Crippen LogP contribution in [0.4, 0.5) is 13.2 Å². The summed E-state index contributed by atoms with van der Waals surface area (Å²) in [6.45, 7) is 0. The summed E-state index contributed by atoms with van der Waals surface area (Å²) in [5.74, 6) is 0. The number of halogens is 3. The number of hydrogen-bond acceptors (Lipinski definition) is 2. The molecule has 0 bridgehead atoms. The van der Waals surface area contributed by atoms with Gasteiger partial charge in [0, 0.05) is 6.20 Å². The predicted octanol–water partition coefficient (Wildman–Crippen LogP) is 0.0695. The molecule has 2 nitrogen and oxygen atoms in total. The fraction of sp³-hybridized carbons (Fsp3) is 0.167. The Kier molecular flexibility index (Phi) is 2.37. The molecule has 1 aromatic heterocycles. The minimum Gasteiger partial charge on any atom is -0.449 e. The lowest BCUT2D eigenvalue weighted by atomic mass is 9.91. The van der Waals surface area contributed by atoms with Crippen LogP contribution in [0.2, 0.25) is 0 Å². The number of alkyl halides is 3. The second-order valence-electron chi connectivity index (χ2n) is 2.21. The third kappa shape index (κ3) is 1.98. The highest BCUT2D eigenvalue weighted by Gasteiger charge is 2.31. The second-order valence-corrected chi connectivity index (χ2v) is 2.21. The summed E-state index contributed by atoms with van der Waals surface area (Å²) < 4.78 is 35.7. The van der Waals surface area contributed by atoms with Crippen LogP contribution < -0.4 is 5.46 Å². The number of hydrogen-bond donors (Lipinski definition) is 1. The number of pyridine rings is 1. The lowest BCUT2D eigenvalue weighted by Crippen LogP contribution is -2.17. The van der Waals surface area contributed by atoms with Gasteiger partial charge in [-0.2, -0.15) is 13.2 Å². The third-order valence-corrected chi connectivity index (χ3v) is 1.30. The maximum absolute atomic E-state index is 11.9. The number of aromatic nitrogens is 1. The molecule has 0 aliphatic rings. The first-order valence-electron chi connectivity index (χ1n) is 3.17. The van der Waals surface area contributed by atoms with E-state index in [4.69, 9.17) is 5.02 Å². The Morgan fingerprint density at radius 3 is 2.33 bits per heavy atom. The van der Waals surface area contributed by atoms with Crippen molar-refractivity contribution in [2.24, 2.45) is 0 Å². The Morgan fingerprint density at radius 1 is 1.33 bits per heavy atom. The zero-order valence-corrected chi connectivity index (χ0v) is 5.97. The highest BCUT2D eigenvalue weighted by Crippen LogP contribution is 2.26. The molecule has 0 radical (unpaired) electrons. The molecule has 6 heteroatoms. The largest absolute Gasteiger partial charge is 0.449 e. The zero-order valence-electron chi connectivity index (χ0n) is 5.97. The van der Waals surface area contributed by atoms with Gasteiger partial charge < -0.3 is 5.02 Å². The number of nitrogens with zero attached hydrogens (tertiary/aromatic N) is 1. The molecular weight excluding hydrogens is 170 g/mol. The monoisotopic (exact) mass is 175 g/mol. The summed E-state index contributed by atoms with van der Waals surface area (Å²) >= 11 is 0. The second kappa shape index (κ2) is 3.14. The molecule has 12 heavy (non-hydrogen) atoms.